The topological polar surface area (TPSA) is 177 Å². The molecule has 0 radical (unpaired) electrons. The first kappa shape index (κ1) is 44.3. The molecule has 14 nitrogen and oxygen atoms in total. The van der Waals surface area contributed by atoms with Crippen molar-refractivity contribution in [3.63, 3.8) is 0 Å². The average molecular weight is 821 g/mol. The van der Waals surface area contributed by atoms with Crippen LogP contribution >= 0.6 is 0 Å². The number of hydrogen-bond donors (Lipinski definition) is 4. The quantitative estimate of drug-likeness (QED) is 0.176. The molecule has 0 bridgehead atoms. The van der Waals surface area contributed by atoms with Crippen molar-refractivity contribution in [1.29, 1.82) is 5.41 Å². The fourth-order valence-electron chi connectivity index (χ4n) is 7.49. The van der Waals surface area contributed by atoms with Gasteiger partial charge in [0.05, 0.1) is 18.5 Å². The standard InChI is InChI=1S/C42H51F3N8O6/c1-27-9-10-31(23-32(27)41(58)53(26-55)36(7-5-21-54)40(57)47-2)52-19-12-28(13-20-52)11-16-51-17-14-30(15-18-51)48-25-29-22-35(37(59-3)24-33(29)46)50-39(56)34-6-4-8-38(49-34)42(43,44)45/h4,6,8-10,21-26,28,30,36,46,48H,5,7,11-20H2,1-3H3,(H,47,57)(H,50,56)/b29-25-,46-33?. The zero-order valence-electron chi connectivity index (χ0n) is 33.4. The number of nitrogens with one attached hydrogen (secondary N) is 4. The number of amides is 4. The number of nitrogens with zero attached hydrogens (tertiary/aromatic N) is 4. The molecule has 1 aromatic heterocycles. The number of carbonyl (C=O) groups excluding carboxylic acids is 5. The van der Waals surface area contributed by atoms with Crippen molar-refractivity contribution in [2.45, 2.75) is 70.1 Å². The minimum absolute atomic E-state index is 0.0314. The number of aromatic nitrogens is 1. The van der Waals surface area contributed by atoms with E-state index in [4.69, 9.17) is 10.1 Å². The molecule has 2 aliphatic heterocycles. The lowest BCUT2D eigenvalue weighted by Crippen LogP contribution is -2.48. The Morgan fingerprint density at radius 1 is 1.05 bits per heavy atom. The molecule has 0 spiro atoms. The van der Waals surface area contributed by atoms with Crippen molar-refractivity contribution in [2.24, 2.45) is 5.92 Å². The van der Waals surface area contributed by atoms with Crippen LogP contribution in [0.5, 0.6) is 0 Å². The molecular formula is C42H51F3N8O6. The predicted octanol–water partition coefficient (Wildman–Crippen LogP) is 4.52. The summed E-state index contributed by atoms with van der Waals surface area (Å²) in [6.07, 6.45) is 5.90. The van der Waals surface area contributed by atoms with Crippen molar-refractivity contribution in [3.8, 4) is 0 Å². The molecule has 2 fully saturated rings. The van der Waals surface area contributed by atoms with Crippen LogP contribution in [0.25, 0.3) is 0 Å². The minimum atomic E-state index is -4.70. The molecule has 3 aliphatic rings. The molecule has 0 saturated carbocycles. The maximum absolute atomic E-state index is 13.6. The largest absolute Gasteiger partial charge is 0.494 e. The summed E-state index contributed by atoms with van der Waals surface area (Å²) in [6, 6.07) is 7.76. The molecule has 1 atom stereocenters. The third kappa shape index (κ3) is 11.4. The van der Waals surface area contributed by atoms with Gasteiger partial charge in [0.2, 0.25) is 12.3 Å². The van der Waals surface area contributed by atoms with Crippen LogP contribution in [0.4, 0.5) is 18.9 Å². The van der Waals surface area contributed by atoms with Crippen LogP contribution in [0.1, 0.15) is 77.0 Å². The van der Waals surface area contributed by atoms with E-state index in [1.165, 1.54) is 26.3 Å². The number of imide groups is 1. The number of likely N-dealkylation sites (tertiary alicyclic amines) is 1. The Morgan fingerprint density at radius 2 is 1.78 bits per heavy atom. The zero-order chi connectivity index (χ0) is 42.7. The van der Waals surface area contributed by atoms with Gasteiger partial charge in [0.25, 0.3) is 11.8 Å². The number of rotatable bonds is 16. The molecule has 3 heterocycles. The Labute approximate surface area is 341 Å². The molecule has 4 amide bonds. The second kappa shape index (κ2) is 20.2. The summed E-state index contributed by atoms with van der Waals surface area (Å²) in [5, 5.41) is 16.9. The summed E-state index contributed by atoms with van der Waals surface area (Å²) in [4.78, 5) is 71.0. The SMILES string of the molecule is CNC(=O)C(CCC=O)N(C=O)C(=O)c1cc(N2CCC(CCN3CCC(N/C=C4/C=C(NC(=O)c5cccc(C(F)(F)F)n5)C(OC)=CC4=N)CC3)CC2)ccc1C. The van der Waals surface area contributed by atoms with Crippen molar-refractivity contribution in [2.75, 3.05) is 51.8 Å². The molecule has 1 aromatic carbocycles. The third-order valence-corrected chi connectivity index (χ3v) is 11.0. The van der Waals surface area contributed by atoms with Crippen LogP contribution in [-0.2, 0) is 25.3 Å². The molecule has 316 valence electrons. The highest BCUT2D eigenvalue weighted by Crippen LogP contribution is 2.30. The van der Waals surface area contributed by atoms with E-state index < -0.39 is 41.3 Å². The number of alkyl halides is 3. The number of aryl methyl sites for hydroxylation is 1. The van der Waals surface area contributed by atoms with Crippen molar-refractivity contribution in [3.05, 3.63) is 94.3 Å². The monoisotopic (exact) mass is 820 g/mol. The fraction of sp³-hybridized carbons (Fsp3) is 0.452. The normalized spacial score (nSPS) is 18.0. The number of hydrogen-bond acceptors (Lipinski definition) is 11. The van der Waals surface area contributed by atoms with E-state index in [0.29, 0.717) is 35.3 Å². The van der Waals surface area contributed by atoms with Gasteiger partial charge in [-0.2, -0.15) is 13.2 Å². The Morgan fingerprint density at radius 3 is 2.42 bits per heavy atom. The van der Waals surface area contributed by atoms with E-state index in [2.05, 4.69) is 30.7 Å². The second-order valence-electron chi connectivity index (χ2n) is 14.8. The summed E-state index contributed by atoms with van der Waals surface area (Å²) < 4.78 is 44.8. The van der Waals surface area contributed by atoms with E-state index in [-0.39, 0.29) is 36.1 Å². The van der Waals surface area contributed by atoms with Gasteiger partial charge in [-0.05, 0) is 93.8 Å². The van der Waals surface area contributed by atoms with Gasteiger partial charge in [-0.25, -0.2) is 4.98 Å². The molecule has 17 heteroatoms. The highest BCUT2D eigenvalue weighted by Gasteiger charge is 2.34. The summed E-state index contributed by atoms with van der Waals surface area (Å²) in [5.74, 6) is -1.21. The maximum atomic E-state index is 13.6. The Hall–Kier alpha value is -5.84. The summed E-state index contributed by atoms with van der Waals surface area (Å²) in [5.41, 5.74) is 1.12. The summed E-state index contributed by atoms with van der Waals surface area (Å²) in [6.45, 7) is 6.20. The molecule has 1 unspecified atom stereocenters. The lowest BCUT2D eigenvalue weighted by Gasteiger charge is -2.36. The predicted molar refractivity (Wildman–Crippen MR) is 214 cm³/mol. The summed E-state index contributed by atoms with van der Waals surface area (Å²) in [7, 11) is 2.79. The highest BCUT2D eigenvalue weighted by atomic mass is 19.4. The maximum Gasteiger partial charge on any atom is 0.433 e. The Balaban J connectivity index is 1.09. The van der Waals surface area contributed by atoms with Crippen LogP contribution in [0.3, 0.4) is 0 Å². The van der Waals surface area contributed by atoms with Crippen LogP contribution in [-0.4, -0.2) is 110 Å². The molecule has 4 N–H and O–H groups in total. The van der Waals surface area contributed by atoms with E-state index in [1.807, 2.05) is 12.1 Å². The first-order valence-corrected chi connectivity index (χ1v) is 19.7. The highest BCUT2D eigenvalue weighted by molar-refractivity contribution is 6.10. The Kier molecular flexibility index (Phi) is 15.2. The van der Waals surface area contributed by atoms with E-state index in [0.717, 1.165) is 87.5 Å². The number of anilines is 1. The molecular weight excluding hydrogens is 770 g/mol. The molecule has 59 heavy (non-hydrogen) atoms. The van der Waals surface area contributed by atoms with E-state index in [9.17, 15) is 37.1 Å². The van der Waals surface area contributed by atoms with Gasteiger partial charge in [-0.1, -0.05) is 12.1 Å². The number of likely N-dealkylation sites (N-methyl/N-ethyl adjacent to an activating group) is 1. The number of ether oxygens (including phenoxy) is 1. The van der Waals surface area contributed by atoms with Gasteiger partial charge in [0, 0.05) is 74.8 Å². The number of pyridine rings is 1. The first-order chi connectivity index (χ1) is 28.3. The molecule has 1 aliphatic carbocycles. The second-order valence-corrected chi connectivity index (χ2v) is 14.8. The number of benzene rings is 1. The number of carbonyl (C=O) groups is 5. The number of piperidine rings is 2. The van der Waals surface area contributed by atoms with E-state index in [1.54, 1.807) is 25.3 Å². The van der Waals surface area contributed by atoms with Gasteiger partial charge < -0.3 is 40.7 Å². The number of methoxy groups -OCH3 is 1. The van der Waals surface area contributed by atoms with Gasteiger partial charge in [0.1, 0.15) is 29.5 Å². The number of halogens is 3. The van der Waals surface area contributed by atoms with Crippen molar-refractivity contribution in [1.82, 2.24) is 30.7 Å². The number of allylic oxidation sites excluding steroid dienone is 3. The fourth-order valence-corrected chi connectivity index (χ4v) is 7.49. The van der Waals surface area contributed by atoms with Crippen molar-refractivity contribution >= 4 is 41.8 Å². The number of aldehydes is 1. The molecule has 5 rings (SSSR count). The van der Waals surface area contributed by atoms with Crippen molar-refractivity contribution < 1.29 is 41.9 Å². The van der Waals surface area contributed by atoms with Gasteiger partial charge in [-0.3, -0.25) is 24.1 Å². The lowest BCUT2D eigenvalue weighted by molar-refractivity contribution is -0.141. The minimum Gasteiger partial charge on any atom is -0.494 e. The zero-order valence-corrected chi connectivity index (χ0v) is 33.4. The third-order valence-electron chi connectivity index (χ3n) is 11.0. The van der Waals surface area contributed by atoms with E-state index >= 15 is 0 Å². The van der Waals surface area contributed by atoms with Gasteiger partial charge in [0.15, 0.2) is 0 Å². The summed E-state index contributed by atoms with van der Waals surface area (Å²) >= 11 is 0. The first-order valence-electron chi connectivity index (χ1n) is 19.7. The smallest absolute Gasteiger partial charge is 0.433 e. The van der Waals surface area contributed by atoms with Crippen LogP contribution < -0.4 is 20.9 Å². The molecule has 2 saturated heterocycles. The molecule has 2 aromatic rings. The van der Waals surface area contributed by atoms with Gasteiger partial charge >= 0.3 is 6.18 Å². The van der Waals surface area contributed by atoms with Crippen LogP contribution in [0, 0.1) is 18.3 Å². The van der Waals surface area contributed by atoms with Gasteiger partial charge in [-0.15, -0.1) is 0 Å². The Bertz CT molecular complexity index is 1980. The van der Waals surface area contributed by atoms with Crippen LogP contribution in [0.15, 0.2) is 71.8 Å². The lowest BCUT2D eigenvalue weighted by atomic mass is 9.92. The van der Waals surface area contributed by atoms with Crippen LogP contribution in [0.2, 0.25) is 0 Å². The average Bonchev–Trinajstić information content (AvgIpc) is 3.24.